The Balaban J connectivity index is 2.23. The zero-order valence-electron chi connectivity index (χ0n) is 17.5. The van der Waals surface area contributed by atoms with Gasteiger partial charge in [0.05, 0.1) is 42.6 Å². The number of hydrogen-bond acceptors (Lipinski definition) is 7. The van der Waals surface area contributed by atoms with E-state index in [1.165, 1.54) is 39.5 Å². The van der Waals surface area contributed by atoms with Crippen molar-refractivity contribution in [3.8, 4) is 5.75 Å². The van der Waals surface area contributed by atoms with E-state index in [0.717, 1.165) is 4.31 Å². The van der Waals surface area contributed by atoms with Gasteiger partial charge in [-0.05, 0) is 49.2 Å². The van der Waals surface area contributed by atoms with Crippen molar-refractivity contribution in [3.63, 3.8) is 0 Å². The number of ether oxygens (including phenoxy) is 2. The number of esters is 1. The van der Waals surface area contributed by atoms with Gasteiger partial charge in [-0.2, -0.15) is 4.31 Å². The quantitative estimate of drug-likeness (QED) is 0.502. The summed E-state index contributed by atoms with van der Waals surface area (Å²) in [6.45, 7) is 2.87. The van der Waals surface area contributed by atoms with Gasteiger partial charge in [0.2, 0.25) is 15.9 Å². The summed E-state index contributed by atoms with van der Waals surface area (Å²) in [7, 11) is 0.0930. The Bertz CT molecular complexity index is 1060. The average Bonchev–Trinajstić information content (AvgIpc) is 2.67. The highest BCUT2D eigenvalue weighted by molar-refractivity contribution is 7.89. The SMILES string of the molecule is COC(=O)c1cccc(NC(=O)CN(C)S(=O)(=O)c2c(C)cc(OC)cc2C)c1N. The van der Waals surface area contributed by atoms with E-state index in [1.807, 2.05) is 0 Å². The molecular weight excluding hydrogens is 410 g/mol. The maximum absolute atomic E-state index is 13.0. The monoisotopic (exact) mass is 435 g/mol. The summed E-state index contributed by atoms with van der Waals surface area (Å²) >= 11 is 0. The van der Waals surface area contributed by atoms with Crippen molar-refractivity contribution in [2.75, 3.05) is 38.9 Å². The van der Waals surface area contributed by atoms with Gasteiger partial charge in [0.1, 0.15) is 5.75 Å². The number of nitrogens with two attached hydrogens (primary N) is 1. The number of carbonyl (C=O) groups excluding carboxylic acids is 2. The first-order valence-electron chi connectivity index (χ1n) is 8.91. The van der Waals surface area contributed by atoms with Crippen molar-refractivity contribution in [2.45, 2.75) is 18.7 Å². The Morgan fingerprint density at radius 2 is 1.73 bits per heavy atom. The number of nitrogen functional groups attached to an aromatic ring is 1. The molecule has 0 heterocycles. The molecule has 1 amide bonds. The van der Waals surface area contributed by atoms with Crippen LogP contribution in [0.1, 0.15) is 21.5 Å². The summed E-state index contributed by atoms with van der Waals surface area (Å²) in [4.78, 5) is 24.3. The van der Waals surface area contributed by atoms with E-state index in [4.69, 9.17) is 10.5 Å². The number of anilines is 2. The summed E-state index contributed by atoms with van der Waals surface area (Å²) in [5.41, 5.74) is 7.26. The number of carbonyl (C=O) groups is 2. The Kier molecular flexibility index (Phi) is 7.06. The lowest BCUT2D eigenvalue weighted by atomic mass is 10.1. The van der Waals surface area contributed by atoms with Gasteiger partial charge in [0.25, 0.3) is 0 Å². The lowest BCUT2D eigenvalue weighted by Gasteiger charge is -2.20. The van der Waals surface area contributed by atoms with Gasteiger partial charge in [0, 0.05) is 7.05 Å². The fourth-order valence-corrected chi connectivity index (χ4v) is 4.56. The number of amides is 1. The highest BCUT2D eigenvalue weighted by Crippen LogP contribution is 2.28. The normalized spacial score (nSPS) is 11.3. The Hall–Kier alpha value is -3.11. The number of rotatable bonds is 7. The molecule has 3 N–H and O–H groups in total. The van der Waals surface area contributed by atoms with E-state index in [2.05, 4.69) is 10.1 Å². The van der Waals surface area contributed by atoms with Crippen molar-refractivity contribution >= 4 is 33.3 Å². The second-order valence-corrected chi connectivity index (χ2v) is 8.64. The molecule has 162 valence electrons. The molecule has 0 unspecified atom stereocenters. The van der Waals surface area contributed by atoms with Gasteiger partial charge in [-0.1, -0.05) is 6.07 Å². The minimum atomic E-state index is -3.94. The minimum Gasteiger partial charge on any atom is -0.497 e. The predicted molar refractivity (Wildman–Crippen MR) is 113 cm³/mol. The summed E-state index contributed by atoms with van der Waals surface area (Å²) in [5.74, 6) is -0.710. The molecule has 0 spiro atoms. The van der Waals surface area contributed by atoms with Gasteiger partial charge < -0.3 is 20.5 Å². The molecular formula is C20H25N3O6S. The number of nitrogens with one attached hydrogen (secondary N) is 1. The Labute approximate surface area is 175 Å². The lowest BCUT2D eigenvalue weighted by Crippen LogP contribution is -2.35. The molecule has 0 radical (unpaired) electrons. The highest BCUT2D eigenvalue weighted by Gasteiger charge is 2.27. The van der Waals surface area contributed by atoms with Crippen LogP contribution in [0.2, 0.25) is 0 Å². The van der Waals surface area contributed by atoms with Crippen molar-refractivity contribution < 1.29 is 27.5 Å². The third-order valence-corrected chi connectivity index (χ3v) is 6.60. The fourth-order valence-electron chi connectivity index (χ4n) is 3.03. The maximum Gasteiger partial charge on any atom is 0.340 e. The zero-order valence-corrected chi connectivity index (χ0v) is 18.3. The molecule has 0 aliphatic carbocycles. The van der Waals surface area contributed by atoms with Crippen LogP contribution in [0.15, 0.2) is 35.2 Å². The molecule has 2 aromatic rings. The zero-order chi connectivity index (χ0) is 22.6. The third kappa shape index (κ3) is 4.71. The number of benzene rings is 2. The first-order valence-corrected chi connectivity index (χ1v) is 10.3. The topological polar surface area (TPSA) is 128 Å². The minimum absolute atomic E-state index is 0.0325. The van der Waals surface area contributed by atoms with Crippen LogP contribution in [0, 0.1) is 13.8 Å². The summed E-state index contributed by atoms with van der Waals surface area (Å²) in [6.07, 6.45) is 0. The van der Waals surface area contributed by atoms with E-state index in [9.17, 15) is 18.0 Å². The summed E-state index contributed by atoms with van der Waals surface area (Å²) < 4.78 is 36.8. The number of hydrogen-bond donors (Lipinski definition) is 2. The standard InChI is InChI=1S/C20H25N3O6S/c1-12-9-14(28-4)10-13(2)19(12)30(26,27)23(3)11-17(24)22-16-8-6-7-15(18(16)21)20(25)29-5/h6-10H,11,21H2,1-5H3,(H,22,24). The molecule has 0 aliphatic rings. The van der Waals surface area contributed by atoms with Gasteiger partial charge in [-0.15, -0.1) is 0 Å². The number of nitrogens with zero attached hydrogens (tertiary/aromatic N) is 1. The lowest BCUT2D eigenvalue weighted by molar-refractivity contribution is -0.116. The van der Waals surface area contributed by atoms with Crippen LogP contribution in [-0.4, -0.2) is 52.4 Å². The first kappa shape index (κ1) is 23.2. The number of likely N-dealkylation sites (N-methyl/N-ethyl adjacent to an activating group) is 1. The summed E-state index contributed by atoms with van der Waals surface area (Å²) in [5, 5.41) is 2.53. The van der Waals surface area contributed by atoms with Crippen LogP contribution in [0.4, 0.5) is 11.4 Å². The number of para-hydroxylation sites is 1. The van der Waals surface area contributed by atoms with Crippen LogP contribution in [0.25, 0.3) is 0 Å². The molecule has 0 saturated heterocycles. The maximum atomic E-state index is 13.0. The molecule has 2 rings (SSSR count). The van der Waals surface area contributed by atoms with E-state index >= 15 is 0 Å². The third-order valence-electron chi connectivity index (χ3n) is 4.49. The molecule has 0 saturated carbocycles. The van der Waals surface area contributed by atoms with Crippen molar-refractivity contribution in [1.29, 1.82) is 0 Å². The molecule has 0 fully saturated rings. The molecule has 0 aromatic heterocycles. The van der Waals surface area contributed by atoms with Crippen molar-refractivity contribution in [2.24, 2.45) is 0 Å². The van der Waals surface area contributed by atoms with Crippen LogP contribution in [0.5, 0.6) is 5.75 Å². The van der Waals surface area contributed by atoms with Crippen LogP contribution < -0.4 is 15.8 Å². The largest absolute Gasteiger partial charge is 0.497 e. The second-order valence-electron chi connectivity index (χ2n) is 6.66. The molecule has 0 aliphatic heterocycles. The fraction of sp³-hybridized carbons (Fsp3) is 0.300. The van der Waals surface area contributed by atoms with Crippen molar-refractivity contribution in [3.05, 3.63) is 47.0 Å². The number of sulfonamides is 1. The molecule has 30 heavy (non-hydrogen) atoms. The molecule has 0 bridgehead atoms. The van der Waals surface area contributed by atoms with E-state index in [1.54, 1.807) is 26.0 Å². The van der Waals surface area contributed by atoms with Crippen LogP contribution >= 0.6 is 0 Å². The Morgan fingerprint density at radius 3 is 2.27 bits per heavy atom. The average molecular weight is 436 g/mol. The van der Waals surface area contributed by atoms with Crippen LogP contribution in [-0.2, 0) is 19.6 Å². The van der Waals surface area contributed by atoms with Crippen molar-refractivity contribution in [1.82, 2.24) is 4.31 Å². The van der Waals surface area contributed by atoms with Gasteiger partial charge in [0.15, 0.2) is 0 Å². The molecule has 2 aromatic carbocycles. The number of aryl methyl sites for hydroxylation is 2. The van der Waals surface area contributed by atoms with Crippen LogP contribution in [0.3, 0.4) is 0 Å². The number of methoxy groups -OCH3 is 2. The van der Waals surface area contributed by atoms with E-state index in [0.29, 0.717) is 16.9 Å². The van der Waals surface area contributed by atoms with Gasteiger partial charge in [-0.25, -0.2) is 13.2 Å². The van der Waals surface area contributed by atoms with Gasteiger partial charge >= 0.3 is 5.97 Å². The predicted octanol–water partition coefficient (Wildman–Crippen LogP) is 1.94. The molecule has 10 heteroatoms. The van der Waals surface area contributed by atoms with Gasteiger partial charge in [-0.3, -0.25) is 4.79 Å². The molecule has 9 nitrogen and oxygen atoms in total. The van der Waals surface area contributed by atoms with E-state index in [-0.39, 0.29) is 21.8 Å². The highest BCUT2D eigenvalue weighted by atomic mass is 32.2. The summed E-state index contributed by atoms with van der Waals surface area (Å²) in [6, 6.07) is 7.73. The molecule has 0 atom stereocenters. The first-order chi connectivity index (χ1) is 14.0. The van der Waals surface area contributed by atoms with E-state index < -0.39 is 28.4 Å². The Morgan fingerprint density at radius 1 is 1.13 bits per heavy atom. The smallest absolute Gasteiger partial charge is 0.340 e. The second kappa shape index (κ2) is 9.14.